The molecule has 4 heteroatoms. The van der Waals surface area contributed by atoms with Crippen molar-refractivity contribution < 1.29 is 4.21 Å². The normalized spacial score (nSPS) is 14.7. The molecule has 0 aliphatic carbocycles. The fourth-order valence-electron chi connectivity index (χ4n) is 1.20. The standard InChI is InChI=1S/C13H18ClNOS/c1-13(2,3)17(16)15-12(9-10-14)11-7-5-4-6-8-11/h4-8H,9-10H2,1-3H3/b15-12+. The Hall–Kier alpha value is -0.670. The van der Waals surface area contributed by atoms with Gasteiger partial charge in [0.2, 0.25) is 0 Å². The maximum atomic E-state index is 12.0. The zero-order valence-electron chi connectivity index (χ0n) is 10.4. The number of hydrogen-bond donors (Lipinski definition) is 0. The van der Waals surface area contributed by atoms with Crippen molar-refractivity contribution in [3.63, 3.8) is 0 Å². The summed E-state index contributed by atoms with van der Waals surface area (Å²) in [6.45, 7) is 5.74. The van der Waals surface area contributed by atoms with Crippen LogP contribution < -0.4 is 0 Å². The van der Waals surface area contributed by atoms with Crippen LogP contribution in [0.2, 0.25) is 0 Å². The molecular formula is C13H18ClNOS. The van der Waals surface area contributed by atoms with E-state index in [1.807, 2.05) is 51.1 Å². The molecular weight excluding hydrogens is 254 g/mol. The molecule has 1 rings (SSSR count). The number of hydrogen-bond acceptors (Lipinski definition) is 1. The summed E-state index contributed by atoms with van der Waals surface area (Å²) in [6.07, 6.45) is 0.632. The molecule has 0 bridgehead atoms. The Kier molecular flexibility index (Phi) is 5.34. The summed E-state index contributed by atoms with van der Waals surface area (Å²) in [4.78, 5) is 0. The molecule has 1 unspecified atom stereocenters. The molecule has 0 spiro atoms. The van der Waals surface area contributed by atoms with Crippen LogP contribution in [0.5, 0.6) is 0 Å². The smallest absolute Gasteiger partial charge is 0.145 e. The summed E-state index contributed by atoms with van der Waals surface area (Å²) >= 11 is 5.76. The van der Waals surface area contributed by atoms with E-state index in [1.54, 1.807) is 0 Å². The highest BCUT2D eigenvalue weighted by atomic mass is 35.5. The number of rotatable bonds is 4. The Morgan fingerprint density at radius 1 is 1.29 bits per heavy atom. The Balaban J connectivity index is 3.02. The fourth-order valence-corrected chi connectivity index (χ4v) is 2.05. The summed E-state index contributed by atoms with van der Waals surface area (Å²) in [5.74, 6) is 0.481. The molecule has 0 radical (unpaired) electrons. The van der Waals surface area contributed by atoms with Gasteiger partial charge in [0.15, 0.2) is 0 Å². The lowest BCUT2D eigenvalue weighted by atomic mass is 10.1. The van der Waals surface area contributed by atoms with Gasteiger partial charge in [-0.1, -0.05) is 30.3 Å². The van der Waals surface area contributed by atoms with Crippen LogP contribution in [-0.2, 0) is 11.0 Å². The quantitative estimate of drug-likeness (QED) is 0.608. The van der Waals surface area contributed by atoms with Gasteiger partial charge in [0, 0.05) is 12.3 Å². The minimum absolute atomic E-state index is 0.341. The molecule has 0 saturated heterocycles. The topological polar surface area (TPSA) is 29.4 Å². The lowest BCUT2D eigenvalue weighted by molar-refractivity contribution is 0.650. The molecule has 94 valence electrons. The van der Waals surface area contributed by atoms with E-state index in [4.69, 9.17) is 11.6 Å². The fraction of sp³-hybridized carbons (Fsp3) is 0.462. The van der Waals surface area contributed by atoms with Crippen LogP contribution >= 0.6 is 11.6 Å². The van der Waals surface area contributed by atoms with Gasteiger partial charge in [-0.25, -0.2) is 4.21 Å². The average Bonchev–Trinajstić information content (AvgIpc) is 2.28. The highest BCUT2D eigenvalue weighted by Gasteiger charge is 2.19. The van der Waals surface area contributed by atoms with E-state index >= 15 is 0 Å². The molecule has 0 heterocycles. The van der Waals surface area contributed by atoms with Gasteiger partial charge < -0.3 is 0 Å². The molecule has 0 N–H and O–H groups in total. The van der Waals surface area contributed by atoms with Gasteiger partial charge in [-0.05, 0) is 26.3 Å². The van der Waals surface area contributed by atoms with Crippen molar-refractivity contribution in [2.75, 3.05) is 5.88 Å². The lowest BCUT2D eigenvalue weighted by Gasteiger charge is -2.15. The molecule has 2 nitrogen and oxygen atoms in total. The molecule has 1 aromatic carbocycles. The lowest BCUT2D eigenvalue weighted by Crippen LogP contribution is -2.21. The Morgan fingerprint density at radius 3 is 2.35 bits per heavy atom. The van der Waals surface area contributed by atoms with Crippen molar-refractivity contribution in [1.29, 1.82) is 0 Å². The first-order chi connectivity index (χ1) is 7.95. The summed E-state index contributed by atoms with van der Waals surface area (Å²) in [5.41, 5.74) is 1.81. The Labute approximate surface area is 111 Å². The molecule has 0 fully saturated rings. The maximum Gasteiger partial charge on any atom is 0.145 e. The number of alkyl halides is 1. The Morgan fingerprint density at radius 2 is 1.88 bits per heavy atom. The second-order valence-electron chi connectivity index (χ2n) is 4.70. The third-order valence-corrected chi connectivity index (χ3v) is 3.78. The van der Waals surface area contributed by atoms with Gasteiger partial charge in [-0.2, -0.15) is 4.40 Å². The van der Waals surface area contributed by atoms with E-state index in [1.165, 1.54) is 0 Å². The minimum Gasteiger partial charge on any atom is -0.234 e. The molecule has 1 aromatic rings. The summed E-state index contributed by atoms with van der Waals surface area (Å²) in [6, 6.07) is 9.76. The summed E-state index contributed by atoms with van der Waals surface area (Å²) in [7, 11) is -1.24. The van der Waals surface area contributed by atoms with E-state index in [2.05, 4.69) is 4.40 Å². The van der Waals surface area contributed by atoms with Gasteiger partial charge >= 0.3 is 0 Å². The van der Waals surface area contributed by atoms with E-state index in [0.29, 0.717) is 12.3 Å². The van der Waals surface area contributed by atoms with Crippen LogP contribution in [0.15, 0.2) is 34.7 Å². The summed E-state index contributed by atoms with van der Waals surface area (Å²) < 4.78 is 16.0. The van der Waals surface area contributed by atoms with Crippen LogP contribution in [0.3, 0.4) is 0 Å². The van der Waals surface area contributed by atoms with Crippen molar-refractivity contribution >= 4 is 28.3 Å². The van der Waals surface area contributed by atoms with Crippen molar-refractivity contribution in [2.24, 2.45) is 4.40 Å². The monoisotopic (exact) mass is 271 g/mol. The third-order valence-electron chi connectivity index (χ3n) is 2.16. The van der Waals surface area contributed by atoms with Gasteiger partial charge in [-0.15, -0.1) is 11.6 Å². The Bertz CT molecular complexity index is 409. The van der Waals surface area contributed by atoms with Crippen molar-refractivity contribution in [3.8, 4) is 0 Å². The first-order valence-corrected chi connectivity index (χ1v) is 7.20. The molecule has 1 atom stereocenters. The minimum atomic E-state index is -1.24. The molecule has 0 aliphatic rings. The van der Waals surface area contributed by atoms with Gasteiger partial charge in [0.25, 0.3) is 0 Å². The molecule has 0 amide bonds. The van der Waals surface area contributed by atoms with Crippen LogP contribution in [0.4, 0.5) is 0 Å². The molecule has 17 heavy (non-hydrogen) atoms. The van der Waals surface area contributed by atoms with Crippen molar-refractivity contribution in [1.82, 2.24) is 0 Å². The van der Waals surface area contributed by atoms with Crippen LogP contribution in [0, 0.1) is 0 Å². The second kappa shape index (κ2) is 6.31. The molecule has 0 aromatic heterocycles. The number of benzene rings is 1. The number of nitrogens with zero attached hydrogens (tertiary/aromatic N) is 1. The summed E-state index contributed by atoms with van der Waals surface area (Å²) in [5, 5.41) is 0. The van der Waals surface area contributed by atoms with E-state index in [9.17, 15) is 4.21 Å². The third kappa shape index (κ3) is 4.60. The predicted octanol–water partition coefficient (Wildman–Crippen LogP) is 3.57. The molecule has 0 saturated carbocycles. The highest BCUT2D eigenvalue weighted by Crippen LogP contribution is 2.15. The predicted molar refractivity (Wildman–Crippen MR) is 76.2 cm³/mol. The maximum absolute atomic E-state index is 12.0. The SMILES string of the molecule is CC(C)(C)S(=O)/N=C(\CCCl)c1ccccc1. The van der Waals surface area contributed by atoms with Crippen LogP contribution in [0.25, 0.3) is 0 Å². The van der Waals surface area contributed by atoms with Gasteiger partial charge in [-0.3, -0.25) is 0 Å². The zero-order chi connectivity index (χ0) is 12.9. The van der Waals surface area contributed by atoms with E-state index < -0.39 is 11.0 Å². The first-order valence-electron chi connectivity index (χ1n) is 5.56. The van der Waals surface area contributed by atoms with Crippen LogP contribution in [-0.4, -0.2) is 20.5 Å². The van der Waals surface area contributed by atoms with E-state index in [0.717, 1.165) is 11.3 Å². The first kappa shape index (κ1) is 14.4. The largest absolute Gasteiger partial charge is 0.234 e. The van der Waals surface area contributed by atoms with Crippen molar-refractivity contribution in [3.05, 3.63) is 35.9 Å². The number of halogens is 1. The molecule has 0 aliphatic heterocycles. The highest BCUT2D eigenvalue weighted by molar-refractivity contribution is 7.85. The van der Waals surface area contributed by atoms with Crippen LogP contribution in [0.1, 0.15) is 32.8 Å². The van der Waals surface area contributed by atoms with Gasteiger partial charge in [0.1, 0.15) is 11.0 Å². The van der Waals surface area contributed by atoms with Crippen molar-refractivity contribution in [2.45, 2.75) is 31.9 Å². The zero-order valence-corrected chi connectivity index (χ0v) is 12.0. The van der Waals surface area contributed by atoms with Gasteiger partial charge in [0.05, 0.1) is 10.5 Å². The average molecular weight is 272 g/mol. The van der Waals surface area contributed by atoms with E-state index in [-0.39, 0.29) is 4.75 Å². The second-order valence-corrected chi connectivity index (χ2v) is 6.99.